The van der Waals surface area contributed by atoms with Crippen molar-refractivity contribution in [2.24, 2.45) is 5.41 Å². The number of rotatable bonds is 0. The van der Waals surface area contributed by atoms with Gasteiger partial charge in [0.2, 0.25) is 0 Å². The van der Waals surface area contributed by atoms with Crippen LogP contribution in [0.1, 0.15) is 60.8 Å². The fourth-order valence-electron chi connectivity index (χ4n) is 3.47. The molecule has 0 bridgehead atoms. The third kappa shape index (κ3) is 2.68. The molecule has 2 saturated heterocycles. The molecule has 2 heteroatoms. The molecule has 2 aliphatic heterocycles. The number of hydrogen-bond donors (Lipinski definition) is 0. The fraction of sp³-hybridized carbons (Fsp3) is 1.00. The lowest BCUT2D eigenvalue weighted by atomic mass is 9.82. The van der Waals surface area contributed by atoms with E-state index < -0.39 is 0 Å². The summed E-state index contributed by atoms with van der Waals surface area (Å²) in [5.41, 5.74) is 0.713. The first-order valence-electron chi connectivity index (χ1n) is 7.05. The Morgan fingerprint density at radius 1 is 1.12 bits per heavy atom. The van der Waals surface area contributed by atoms with Gasteiger partial charge in [-0.3, -0.25) is 4.90 Å². The highest BCUT2D eigenvalue weighted by molar-refractivity contribution is 8.00. The van der Waals surface area contributed by atoms with Gasteiger partial charge in [0.1, 0.15) is 0 Å². The largest absolute Gasteiger partial charge is 0.294 e. The lowest BCUT2D eigenvalue weighted by molar-refractivity contribution is 0.0577. The zero-order valence-corrected chi connectivity index (χ0v) is 13.3. The first kappa shape index (κ1) is 13.7. The summed E-state index contributed by atoms with van der Waals surface area (Å²) in [4.78, 5) is 2.78. The van der Waals surface area contributed by atoms with E-state index in [1.807, 2.05) is 0 Å². The lowest BCUT2D eigenvalue weighted by Gasteiger charge is -2.43. The predicted octanol–water partition coefficient (Wildman–Crippen LogP) is 4.17. The standard InChI is InChI=1S/C15H29NS/c1-13(2,3)12-10-15(8-7-9-17-15)11-16(12)14(4,5)6/h12H,7-11H2,1-6H3. The quantitative estimate of drug-likeness (QED) is 0.639. The first-order valence-corrected chi connectivity index (χ1v) is 8.03. The molecule has 2 aliphatic rings. The van der Waals surface area contributed by atoms with E-state index in [1.165, 1.54) is 31.6 Å². The summed E-state index contributed by atoms with van der Waals surface area (Å²) in [5, 5.41) is 0. The van der Waals surface area contributed by atoms with Crippen LogP contribution in [0.15, 0.2) is 0 Å². The van der Waals surface area contributed by atoms with Crippen molar-refractivity contribution in [1.82, 2.24) is 4.90 Å². The molecule has 2 heterocycles. The molecule has 0 aromatic heterocycles. The van der Waals surface area contributed by atoms with Crippen molar-refractivity contribution < 1.29 is 0 Å². The lowest BCUT2D eigenvalue weighted by Crippen LogP contribution is -2.49. The summed E-state index contributed by atoms with van der Waals surface area (Å²) in [5.74, 6) is 1.38. The topological polar surface area (TPSA) is 3.24 Å². The summed E-state index contributed by atoms with van der Waals surface area (Å²) in [6, 6.07) is 0.744. The van der Waals surface area contributed by atoms with Crippen LogP contribution in [-0.4, -0.2) is 33.5 Å². The molecule has 2 atom stereocenters. The van der Waals surface area contributed by atoms with Gasteiger partial charge in [-0.05, 0) is 51.2 Å². The second-order valence-corrected chi connectivity index (χ2v) is 9.58. The van der Waals surface area contributed by atoms with Crippen LogP contribution in [0.2, 0.25) is 0 Å². The van der Waals surface area contributed by atoms with E-state index in [0.29, 0.717) is 15.7 Å². The van der Waals surface area contributed by atoms with Gasteiger partial charge in [0, 0.05) is 22.9 Å². The van der Waals surface area contributed by atoms with Gasteiger partial charge in [0.05, 0.1) is 0 Å². The summed E-state index contributed by atoms with van der Waals surface area (Å²) in [6.07, 6.45) is 4.27. The third-order valence-corrected chi connectivity index (χ3v) is 6.05. The Hall–Kier alpha value is 0.310. The van der Waals surface area contributed by atoms with E-state index in [-0.39, 0.29) is 0 Å². The molecule has 0 aromatic carbocycles. The maximum Gasteiger partial charge on any atom is 0.0302 e. The highest BCUT2D eigenvalue weighted by Gasteiger charge is 2.52. The van der Waals surface area contributed by atoms with Crippen LogP contribution in [0, 0.1) is 5.41 Å². The van der Waals surface area contributed by atoms with Gasteiger partial charge in [0.15, 0.2) is 0 Å². The van der Waals surface area contributed by atoms with Crippen LogP contribution >= 0.6 is 11.8 Å². The smallest absolute Gasteiger partial charge is 0.0302 e. The SMILES string of the molecule is CC(C)(C)C1CC2(CCCS2)CN1C(C)(C)C. The van der Waals surface area contributed by atoms with Crippen LogP contribution in [-0.2, 0) is 0 Å². The van der Waals surface area contributed by atoms with E-state index in [1.54, 1.807) is 0 Å². The number of thioether (sulfide) groups is 1. The summed E-state index contributed by atoms with van der Waals surface area (Å²) >= 11 is 2.25. The van der Waals surface area contributed by atoms with E-state index >= 15 is 0 Å². The molecule has 0 N–H and O–H groups in total. The number of likely N-dealkylation sites (tertiary alicyclic amines) is 1. The van der Waals surface area contributed by atoms with Crippen LogP contribution in [0.5, 0.6) is 0 Å². The minimum absolute atomic E-state index is 0.310. The molecular formula is C15H29NS. The van der Waals surface area contributed by atoms with Crippen molar-refractivity contribution in [2.75, 3.05) is 12.3 Å². The average molecular weight is 255 g/mol. The summed E-state index contributed by atoms with van der Waals surface area (Å²) < 4.78 is 0.589. The minimum atomic E-state index is 0.310. The van der Waals surface area contributed by atoms with Crippen LogP contribution < -0.4 is 0 Å². The number of nitrogens with zero attached hydrogens (tertiary/aromatic N) is 1. The van der Waals surface area contributed by atoms with Crippen molar-refractivity contribution in [1.29, 1.82) is 0 Å². The summed E-state index contributed by atoms with van der Waals surface area (Å²) in [6.45, 7) is 15.7. The maximum atomic E-state index is 2.78. The Morgan fingerprint density at radius 2 is 1.76 bits per heavy atom. The van der Waals surface area contributed by atoms with Gasteiger partial charge >= 0.3 is 0 Å². The van der Waals surface area contributed by atoms with Gasteiger partial charge in [0.25, 0.3) is 0 Å². The molecule has 2 unspecified atom stereocenters. The predicted molar refractivity (Wildman–Crippen MR) is 78.7 cm³/mol. The third-order valence-electron chi connectivity index (χ3n) is 4.45. The van der Waals surface area contributed by atoms with Gasteiger partial charge in [-0.25, -0.2) is 0 Å². The highest BCUT2D eigenvalue weighted by Crippen LogP contribution is 2.52. The highest BCUT2D eigenvalue weighted by atomic mass is 32.2. The second kappa shape index (κ2) is 4.16. The molecular weight excluding hydrogens is 226 g/mol. The maximum absolute atomic E-state index is 2.78. The van der Waals surface area contributed by atoms with E-state index in [0.717, 1.165) is 6.04 Å². The van der Waals surface area contributed by atoms with Crippen LogP contribution in [0.4, 0.5) is 0 Å². The Labute approximate surface area is 112 Å². The van der Waals surface area contributed by atoms with Crippen molar-refractivity contribution in [2.45, 2.75) is 77.1 Å². The zero-order chi connectivity index (χ0) is 12.9. The molecule has 0 amide bonds. The van der Waals surface area contributed by atoms with Crippen LogP contribution in [0.25, 0.3) is 0 Å². The molecule has 0 aliphatic carbocycles. The van der Waals surface area contributed by atoms with Gasteiger partial charge < -0.3 is 0 Å². The van der Waals surface area contributed by atoms with Gasteiger partial charge in [-0.2, -0.15) is 11.8 Å². The van der Waals surface area contributed by atoms with Gasteiger partial charge in [-0.1, -0.05) is 20.8 Å². The Bertz CT molecular complexity index is 254. The second-order valence-electron chi connectivity index (χ2n) is 8.02. The zero-order valence-electron chi connectivity index (χ0n) is 12.5. The van der Waals surface area contributed by atoms with Crippen LogP contribution in [0.3, 0.4) is 0 Å². The molecule has 1 nitrogen and oxygen atoms in total. The van der Waals surface area contributed by atoms with Crippen molar-refractivity contribution in [3.63, 3.8) is 0 Å². The normalized spacial score (nSPS) is 36.0. The molecule has 0 aromatic rings. The molecule has 0 saturated carbocycles. The van der Waals surface area contributed by atoms with E-state index in [4.69, 9.17) is 0 Å². The Kier molecular flexibility index (Phi) is 3.36. The molecule has 2 rings (SSSR count). The van der Waals surface area contributed by atoms with Crippen molar-refractivity contribution in [3.8, 4) is 0 Å². The minimum Gasteiger partial charge on any atom is -0.294 e. The number of hydrogen-bond acceptors (Lipinski definition) is 2. The Morgan fingerprint density at radius 3 is 2.12 bits per heavy atom. The molecule has 2 fully saturated rings. The fourth-order valence-corrected chi connectivity index (χ4v) is 4.98. The van der Waals surface area contributed by atoms with E-state index in [2.05, 4.69) is 58.2 Å². The molecule has 1 spiro atoms. The van der Waals surface area contributed by atoms with Crippen molar-refractivity contribution in [3.05, 3.63) is 0 Å². The summed E-state index contributed by atoms with van der Waals surface area (Å²) in [7, 11) is 0. The van der Waals surface area contributed by atoms with Gasteiger partial charge in [-0.15, -0.1) is 0 Å². The van der Waals surface area contributed by atoms with E-state index in [9.17, 15) is 0 Å². The molecule has 100 valence electrons. The first-order chi connectivity index (χ1) is 7.64. The van der Waals surface area contributed by atoms with Crippen molar-refractivity contribution >= 4 is 11.8 Å². The molecule has 0 radical (unpaired) electrons. The molecule has 17 heavy (non-hydrogen) atoms. The monoisotopic (exact) mass is 255 g/mol. The Balaban J connectivity index is 2.24. The average Bonchev–Trinajstić information content (AvgIpc) is 2.72.